The molecule has 0 radical (unpaired) electrons. The molecule has 2 amide bonds. The summed E-state index contributed by atoms with van der Waals surface area (Å²) in [5, 5.41) is 0. The van der Waals surface area contributed by atoms with Gasteiger partial charge in [0.25, 0.3) is 5.91 Å². The highest BCUT2D eigenvalue weighted by atomic mass is 32.2. The predicted molar refractivity (Wildman–Crippen MR) is 96.0 cm³/mol. The monoisotopic (exact) mass is 340 g/mol. The zero-order chi connectivity index (χ0) is 16.8. The van der Waals surface area contributed by atoms with E-state index < -0.39 is 0 Å². The first kappa shape index (κ1) is 16.6. The Balaban J connectivity index is 1.69. The Kier molecular flexibility index (Phi) is 5.54. The molecule has 2 aromatic rings. The number of piperazine rings is 1. The molecule has 1 aliphatic rings. The number of rotatable bonds is 5. The third-order valence-electron chi connectivity index (χ3n) is 4.11. The van der Waals surface area contributed by atoms with Gasteiger partial charge in [0.2, 0.25) is 6.41 Å². The Morgan fingerprint density at radius 3 is 2.33 bits per heavy atom. The van der Waals surface area contributed by atoms with Gasteiger partial charge in [0.05, 0.1) is 5.56 Å². The minimum absolute atomic E-state index is 0.0525. The molecule has 0 spiro atoms. The van der Waals surface area contributed by atoms with Crippen molar-refractivity contribution in [2.75, 3.05) is 26.2 Å². The first-order valence-electron chi connectivity index (χ1n) is 8.02. The quantitative estimate of drug-likeness (QED) is 0.621. The Morgan fingerprint density at radius 1 is 0.958 bits per heavy atom. The van der Waals surface area contributed by atoms with Gasteiger partial charge >= 0.3 is 0 Å². The average Bonchev–Trinajstić information content (AvgIpc) is 2.67. The van der Waals surface area contributed by atoms with Crippen molar-refractivity contribution in [1.82, 2.24) is 9.80 Å². The molecule has 1 aliphatic heterocycles. The van der Waals surface area contributed by atoms with Crippen molar-refractivity contribution < 1.29 is 9.59 Å². The van der Waals surface area contributed by atoms with Crippen LogP contribution in [0.2, 0.25) is 0 Å². The van der Waals surface area contributed by atoms with E-state index in [0.29, 0.717) is 26.2 Å². The maximum Gasteiger partial charge on any atom is 0.255 e. The molecule has 1 fully saturated rings. The summed E-state index contributed by atoms with van der Waals surface area (Å²) >= 11 is 1.68. The molecule has 0 atom stereocenters. The van der Waals surface area contributed by atoms with Crippen molar-refractivity contribution in [3.05, 3.63) is 65.7 Å². The Labute approximate surface area is 146 Å². The number of hydrogen-bond acceptors (Lipinski definition) is 3. The highest BCUT2D eigenvalue weighted by Crippen LogP contribution is 2.27. The molecular formula is C19H20N2O2S. The second-order valence-electron chi connectivity index (χ2n) is 5.70. The summed E-state index contributed by atoms with van der Waals surface area (Å²) in [6.45, 7) is 2.40. The molecule has 0 bridgehead atoms. The molecule has 4 nitrogen and oxygen atoms in total. The van der Waals surface area contributed by atoms with Gasteiger partial charge in [0.1, 0.15) is 0 Å². The van der Waals surface area contributed by atoms with Crippen LogP contribution in [0.3, 0.4) is 0 Å². The van der Waals surface area contributed by atoms with Crippen molar-refractivity contribution in [3.8, 4) is 0 Å². The van der Waals surface area contributed by atoms with E-state index in [1.165, 1.54) is 5.56 Å². The van der Waals surface area contributed by atoms with Crippen LogP contribution in [0, 0.1) is 0 Å². The van der Waals surface area contributed by atoms with Crippen LogP contribution < -0.4 is 0 Å². The lowest BCUT2D eigenvalue weighted by Gasteiger charge is -2.32. The second kappa shape index (κ2) is 8.02. The van der Waals surface area contributed by atoms with Gasteiger partial charge in [-0.2, -0.15) is 0 Å². The number of benzene rings is 2. The van der Waals surface area contributed by atoms with Crippen LogP contribution in [0.25, 0.3) is 0 Å². The van der Waals surface area contributed by atoms with Gasteiger partial charge in [-0.15, -0.1) is 11.8 Å². The Morgan fingerprint density at radius 2 is 1.62 bits per heavy atom. The normalized spacial score (nSPS) is 14.5. The largest absolute Gasteiger partial charge is 0.342 e. The molecule has 0 aromatic heterocycles. The van der Waals surface area contributed by atoms with Gasteiger partial charge in [-0.25, -0.2) is 0 Å². The summed E-state index contributed by atoms with van der Waals surface area (Å²) in [6.07, 6.45) is 0.853. The lowest BCUT2D eigenvalue weighted by Crippen LogP contribution is -2.48. The Hall–Kier alpha value is -2.27. The fourth-order valence-electron chi connectivity index (χ4n) is 2.71. The fourth-order valence-corrected chi connectivity index (χ4v) is 3.71. The molecule has 1 heterocycles. The molecule has 0 unspecified atom stereocenters. The molecule has 0 N–H and O–H groups in total. The standard InChI is InChI=1S/C19H20N2O2S/c22-15-20-10-12-21(13-11-20)19(23)17-8-4-5-9-18(17)24-14-16-6-2-1-3-7-16/h1-9,15H,10-14H2. The summed E-state index contributed by atoms with van der Waals surface area (Å²) < 4.78 is 0. The van der Waals surface area contributed by atoms with E-state index in [0.717, 1.165) is 22.6 Å². The van der Waals surface area contributed by atoms with Crippen LogP contribution in [0.4, 0.5) is 0 Å². The van der Waals surface area contributed by atoms with E-state index in [-0.39, 0.29) is 5.91 Å². The summed E-state index contributed by atoms with van der Waals surface area (Å²) in [5.74, 6) is 0.890. The molecule has 24 heavy (non-hydrogen) atoms. The number of thioether (sulfide) groups is 1. The summed E-state index contributed by atoms with van der Waals surface area (Å²) in [5.41, 5.74) is 1.99. The van der Waals surface area contributed by atoms with Crippen molar-refractivity contribution in [2.24, 2.45) is 0 Å². The zero-order valence-corrected chi connectivity index (χ0v) is 14.2. The molecule has 5 heteroatoms. The van der Waals surface area contributed by atoms with Crippen LogP contribution in [-0.2, 0) is 10.5 Å². The van der Waals surface area contributed by atoms with E-state index in [9.17, 15) is 9.59 Å². The molecular weight excluding hydrogens is 320 g/mol. The summed E-state index contributed by atoms with van der Waals surface area (Å²) in [4.78, 5) is 28.2. The predicted octanol–water partition coefficient (Wildman–Crippen LogP) is 2.89. The fraction of sp³-hybridized carbons (Fsp3) is 0.263. The van der Waals surface area contributed by atoms with Gasteiger partial charge in [-0.3, -0.25) is 9.59 Å². The highest BCUT2D eigenvalue weighted by Gasteiger charge is 2.23. The third-order valence-corrected chi connectivity index (χ3v) is 5.25. The maximum absolute atomic E-state index is 12.8. The summed E-state index contributed by atoms with van der Waals surface area (Å²) in [7, 11) is 0. The van der Waals surface area contributed by atoms with Crippen LogP contribution in [-0.4, -0.2) is 48.3 Å². The highest BCUT2D eigenvalue weighted by molar-refractivity contribution is 7.98. The molecule has 2 aromatic carbocycles. The number of hydrogen-bond donors (Lipinski definition) is 0. The zero-order valence-electron chi connectivity index (χ0n) is 13.4. The molecule has 1 saturated heterocycles. The SMILES string of the molecule is O=CN1CCN(C(=O)c2ccccc2SCc2ccccc2)CC1. The molecule has 0 saturated carbocycles. The Bertz CT molecular complexity index is 698. The molecule has 3 rings (SSSR count). The number of nitrogens with zero attached hydrogens (tertiary/aromatic N) is 2. The summed E-state index contributed by atoms with van der Waals surface area (Å²) in [6, 6.07) is 18.0. The van der Waals surface area contributed by atoms with Crippen molar-refractivity contribution >= 4 is 24.1 Å². The van der Waals surface area contributed by atoms with Gasteiger partial charge in [-0.05, 0) is 17.7 Å². The van der Waals surface area contributed by atoms with E-state index in [2.05, 4.69) is 12.1 Å². The number of carbonyl (C=O) groups is 2. The van der Waals surface area contributed by atoms with Crippen molar-refractivity contribution in [1.29, 1.82) is 0 Å². The topological polar surface area (TPSA) is 40.6 Å². The first-order chi connectivity index (χ1) is 11.8. The number of carbonyl (C=O) groups excluding carboxylic acids is 2. The average molecular weight is 340 g/mol. The lowest BCUT2D eigenvalue weighted by molar-refractivity contribution is -0.119. The van der Waals surface area contributed by atoms with Gasteiger partial charge in [-0.1, -0.05) is 42.5 Å². The minimum Gasteiger partial charge on any atom is -0.342 e. The van der Waals surface area contributed by atoms with Crippen LogP contribution in [0.5, 0.6) is 0 Å². The second-order valence-corrected chi connectivity index (χ2v) is 6.72. The minimum atomic E-state index is 0.0525. The van der Waals surface area contributed by atoms with E-state index in [4.69, 9.17) is 0 Å². The van der Waals surface area contributed by atoms with Gasteiger partial charge in [0, 0.05) is 36.8 Å². The molecule has 124 valence electrons. The van der Waals surface area contributed by atoms with Crippen LogP contribution in [0.1, 0.15) is 15.9 Å². The molecule has 0 aliphatic carbocycles. The van der Waals surface area contributed by atoms with Crippen molar-refractivity contribution in [2.45, 2.75) is 10.6 Å². The van der Waals surface area contributed by atoms with Crippen LogP contribution in [0.15, 0.2) is 59.5 Å². The van der Waals surface area contributed by atoms with E-state index in [1.54, 1.807) is 16.7 Å². The van der Waals surface area contributed by atoms with E-state index >= 15 is 0 Å². The van der Waals surface area contributed by atoms with E-state index in [1.807, 2.05) is 47.4 Å². The number of amides is 2. The van der Waals surface area contributed by atoms with Crippen molar-refractivity contribution in [3.63, 3.8) is 0 Å². The van der Waals surface area contributed by atoms with Crippen LogP contribution >= 0.6 is 11.8 Å². The smallest absolute Gasteiger partial charge is 0.255 e. The van der Waals surface area contributed by atoms with Gasteiger partial charge in [0.15, 0.2) is 0 Å². The maximum atomic E-state index is 12.8. The third kappa shape index (κ3) is 3.97. The first-order valence-corrected chi connectivity index (χ1v) is 9.01. The lowest BCUT2D eigenvalue weighted by atomic mass is 10.2. The van der Waals surface area contributed by atoms with Gasteiger partial charge < -0.3 is 9.80 Å².